The fourth-order valence-corrected chi connectivity index (χ4v) is 5.26. The molecule has 1 unspecified atom stereocenters. The van der Waals surface area contributed by atoms with Gasteiger partial charge >= 0.3 is 0 Å². The minimum absolute atomic E-state index is 0. The Bertz CT molecular complexity index is 915. The number of para-hydroxylation sites is 1. The molecule has 1 saturated heterocycles. The number of nitrogens with one attached hydrogen (secondary N) is 1. The molecule has 1 N–H and O–H groups in total. The Morgan fingerprint density at radius 1 is 1.35 bits per heavy atom. The molecule has 2 aromatic rings. The maximum Gasteiger partial charge on any atom is 0.222 e. The fraction of sp³-hybridized carbons (Fsp3) is 0.522. The molecule has 4 rings (SSSR count). The third kappa shape index (κ3) is 5.58. The van der Waals surface area contributed by atoms with Gasteiger partial charge in [0.1, 0.15) is 0 Å². The van der Waals surface area contributed by atoms with E-state index in [1.54, 1.807) is 11.3 Å². The van der Waals surface area contributed by atoms with E-state index >= 15 is 0 Å². The van der Waals surface area contributed by atoms with Crippen molar-refractivity contribution in [2.75, 3.05) is 38.1 Å². The highest BCUT2D eigenvalue weighted by Crippen LogP contribution is 2.38. The minimum atomic E-state index is 0. The van der Waals surface area contributed by atoms with Crippen LogP contribution in [0.25, 0.3) is 0 Å². The van der Waals surface area contributed by atoms with Crippen molar-refractivity contribution in [1.29, 1.82) is 0 Å². The number of hydrogen-bond donors (Lipinski definition) is 1. The molecular weight excluding hydrogens is 521 g/mol. The van der Waals surface area contributed by atoms with Crippen molar-refractivity contribution in [3.05, 3.63) is 45.9 Å². The normalized spacial score (nSPS) is 18.3. The van der Waals surface area contributed by atoms with Crippen LogP contribution >= 0.6 is 35.3 Å². The van der Waals surface area contributed by atoms with Crippen LogP contribution in [0.2, 0.25) is 0 Å². The monoisotopic (exact) mass is 553 g/mol. The van der Waals surface area contributed by atoms with Crippen LogP contribution in [0.1, 0.15) is 47.6 Å². The molecule has 31 heavy (non-hydrogen) atoms. The van der Waals surface area contributed by atoms with E-state index in [1.165, 1.54) is 21.1 Å². The molecule has 6 nitrogen and oxygen atoms in total. The number of benzene rings is 1. The van der Waals surface area contributed by atoms with Gasteiger partial charge in [-0.25, -0.2) is 4.98 Å². The summed E-state index contributed by atoms with van der Waals surface area (Å²) in [5.74, 6) is 1.64. The standard InChI is InChI=1S/C23H31N5OS.HI/c1-3-18-15-26-21(30-18)10-12-25-23(24-2)28-16-17(19-7-4-5-8-20(19)28)11-14-27-13-6-9-22(27)29;/h4-5,7-8,15,17H,3,6,9-14,16H2,1-2H3,(H,24,25);1H. The smallest absolute Gasteiger partial charge is 0.222 e. The molecule has 0 aliphatic carbocycles. The predicted molar refractivity (Wildman–Crippen MR) is 139 cm³/mol. The topological polar surface area (TPSA) is 60.8 Å². The van der Waals surface area contributed by atoms with Crippen LogP contribution < -0.4 is 10.2 Å². The Labute approximate surface area is 206 Å². The van der Waals surface area contributed by atoms with E-state index in [0.29, 0.717) is 18.2 Å². The highest BCUT2D eigenvalue weighted by atomic mass is 127. The minimum Gasteiger partial charge on any atom is -0.356 e. The Kier molecular flexibility index (Phi) is 8.71. The number of anilines is 1. The lowest BCUT2D eigenvalue weighted by Gasteiger charge is -2.23. The summed E-state index contributed by atoms with van der Waals surface area (Å²) < 4.78 is 0. The lowest BCUT2D eigenvalue weighted by Crippen LogP contribution is -2.42. The maximum absolute atomic E-state index is 12.0. The Balaban J connectivity index is 0.00000272. The van der Waals surface area contributed by atoms with Gasteiger partial charge in [-0.05, 0) is 30.9 Å². The Morgan fingerprint density at radius 2 is 2.19 bits per heavy atom. The third-order valence-electron chi connectivity index (χ3n) is 6.03. The number of carbonyl (C=O) groups is 1. The molecule has 3 heterocycles. The van der Waals surface area contributed by atoms with Crippen molar-refractivity contribution in [1.82, 2.24) is 15.2 Å². The van der Waals surface area contributed by atoms with Crippen molar-refractivity contribution in [3.8, 4) is 0 Å². The number of hydrogen-bond acceptors (Lipinski definition) is 4. The molecule has 0 spiro atoms. The first-order valence-electron chi connectivity index (χ1n) is 11.0. The van der Waals surface area contributed by atoms with E-state index in [4.69, 9.17) is 0 Å². The molecule has 2 aliphatic rings. The average molecular weight is 554 g/mol. The second kappa shape index (κ2) is 11.3. The van der Waals surface area contributed by atoms with Crippen LogP contribution in [0.15, 0.2) is 35.5 Å². The molecule has 8 heteroatoms. The van der Waals surface area contributed by atoms with Gasteiger partial charge in [0.2, 0.25) is 5.91 Å². The first-order valence-corrected chi connectivity index (χ1v) is 11.8. The zero-order valence-electron chi connectivity index (χ0n) is 18.3. The third-order valence-corrected chi connectivity index (χ3v) is 7.23. The van der Waals surface area contributed by atoms with Gasteiger partial charge in [-0.3, -0.25) is 9.79 Å². The van der Waals surface area contributed by atoms with E-state index in [9.17, 15) is 4.79 Å². The molecule has 1 aromatic heterocycles. The van der Waals surface area contributed by atoms with Gasteiger partial charge < -0.3 is 15.1 Å². The summed E-state index contributed by atoms with van der Waals surface area (Å²) in [6.45, 7) is 5.64. The molecule has 168 valence electrons. The average Bonchev–Trinajstić information content (AvgIpc) is 3.49. The van der Waals surface area contributed by atoms with Crippen molar-refractivity contribution >= 4 is 52.9 Å². The predicted octanol–water partition coefficient (Wildman–Crippen LogP) is 4.06. The van der Waals surface area contributed by atoms with E-state index in [0.717, 1.165) is 57.8 Å². The molecule has 0 saturated carbocycles. The number of likely N-dealkylation sites (tertiary alicyclic amines) is 1. The number of aromatic nitrogens is 1. The number of aryl methyl sites for hydroxylation is 1. The molecule has 1 aromatic carbocycles. The Hall–Kier alpha value is -1.68. The van der Waals surface area contributed by atoms with Crippen LogP contribution in [0.5, 0.6) is 0 Å². The summed E-state index contributed by atoms with van der Waals surface area (Å²) >= 11 is 1.80. The van der Waals surface area contributed by atoms with Crippen molar-refractivity contribution in [2.24, 2.45) is 4.99 Å². The largest absolute Gasteiger partial charge is 0.356 e. The summed E-state index contributed by atoms with van der Waals surface area (Å²) in [4.78, 5) is 26.7. The van der Waals surface area contributed by atoms with Crippen molar-refractivity contribution < 1.29 is 4.79 Å². The summed E-state index contributed by atoms with van der Waals surface area (Å²) in [6.07, 6.45) is 6.64. The number of carbonyl (C=O) groups excluding carboxylic acids is 1. The van der Waals surface area contributed by atoms with E-state index in [2.05, 4.69) is 51.4 Å². The second-order valence-corrected chi connectivity index (χ2v) is 9.14. The number of halogens is 1. The van der Waals surface area contributed by atoms with Crippen LogP contribution in [0.3, 0.4) is 0 Å². The fourth-order valence-electron chi connectivity index (χ4n) is 4.40. The van der Waals surface area contributed by atoms with Gasteiger partial charge in [-0.15, -0.1) is 35.3 Å². The molecule has 1 fully saturated rings. The van der Waals surface area contributed by atoms with Gasteiger partial charge in [0.05, 0.1) is 5.01 Å². The quantitative estimate of drug-likeness (QED) is 0.319. The summed E-state index contributed by atoms with van der Waals surface area (Å²) in [5.41, 5.74) is 2.59. The maximum atomic E-state index is 12.0. The molecule has 1 atom stereocenters. The number of thiazole rings is 1. The SMILES string of the molecule is CCc1cnc(CCNC(=NC)N2CC(CCN3CCCC3=O)c3ccccc32)s1.I. The first-order chi connectivity index (χ1) is 14.7. The summed E-state index contributed by atoms with van der Waals surface area (Å²) in [7, 11) is 1.85. The van der Waals surface area contributed by atoms with Crippen LogP contribution in [-0.2, 0) is 17.6 Å². The van der Waals surface area contributed by atoms with E-state index < -0.39 is 0 Å². The van der Waals surface area contributed by atoms with Gasteiger partial charge in [-0.2, -0.15) is 0 Å². The number of nitrogens with zero attached hydrogens (tertiary/aromatic N) is 4. The summed E-state index contributed by atoms with van der Waals surface area (Å²) in [6, 6.07) is 8.60. The highest BCUT2D eigenvalue weighted by molar-refractivity contribution is 14.0. The van der Waals surface area contributed by atoms with Crippen LogP contribution in [0.4, 0.5) is 5.69 Å². The lowest BCUT2D eigenvalue weighted by molar-refractivity contribution is -0.127. The van der Waals surface area contributed by atoms with Crippen molar-refractivity contribution in [3.63, 3.8) is 0 Å². The van der Waals surface area contributed by atoms with Crippen LogP contribution in [-0.4, -0.2) is 55.0 Å². The van der Waals surface area contributed by atoms with Crippen LogP contribution in [0, 0.1) is 0 Å². The summed E-state index contributed by atoms with van der Waals surface area (Å²) in [5, 5.41) is 4.70. The number of guanidine groups is 1. The second-order valence-electron chi connectivity index (χ2n) is 7.94. The number of rotatable bonds is 7. The highest BCUT2D eigenvalue weighted by Gasteiger charge is 2.32. The van der Waals surface area contributed by atoms with E-state index in [1.807, 2.05) is 18.1 Å². The lowest BCUT2D eigenvalue weighted by atomic mass is 9.98. The molecule has 1 amide bonds. The van der Waals surface area contributed by atoms with E-state index in [-0.39, 0.29) is 24.0 Å². The van der Waals surface area contributed by atoms with Gasteiger partial charge in [-0.1, -0.05) is 25.1 Å². The van der Waals surface area contributed by atoms with Gasteiger partial charge in [0.25, 0.3) is 0 Å². The number of aliphatic imine (C=N–C) groups is 1. The zero-order valence-corrected chi connectivity index (χ0v) is 21.5. The molecule has 0 radical (unpaired) electrons. The first kappa shape index (κ1) is 24.0. The molecule has 0 bridgehead atoms. The van der Waals surface area contributed by atoms with Crippen molar-refractivity contribution in [2.45, 2.75) is 44.9 Å². The van der Waals surface area contributed by atoms with Gasteiger partial charge in [0.15, 0.2) is 5.96 Å². The van der Waals surface area contributed by atoms with Gasteiger partial charge in [0, 0.05) is 68.7 Å². The molecular formula is C23H32IN5OS. The zero-order chi connectivity index (χ0) is 20.9. The molecule has 2 aliphatic heterocycles. The Morgan fingerprint density at radius 3 is 2.90 bits per heavy atom. The number of fused-ring (bicyclic) bond motifs is 1. The number of amides is 1.